The van der Waals surface area contributed by atoms with Crippen molar-refractivity contribution in [2.45, 2.75) is 32.1 Å². The van der Waals surface area contributed by atoms with E-state index in [1.807, 2.05) is 0 Å². The molecule has 0 aliphatic heterocycles. The number of anilines is 1. The van der Waals surface area contributed by atoms with Crippen LogP contribution in [-0.4, -0.2) is 16.6 Å². The van der Waals surface area contributed by atoms with Gasteiger partial charge in [-0.3, -0.25) is 0 Å². The topological polar surface area (TPSA) is 61.0 Å². The van der Waals surface area contributed by atoms with Crippen LogP contribution in [0.2, 0.25) is 0 Å². The summed E-state index contributed by atoms with van der Waals surface area (Å²) < 4.78 is 18.6. The number of nitrogen functional groups attached to an aromatic ring is 1. The molecule has 0 radical (unpaired) electrons. The summed E-state index contributed by atoms with van der Waals surface area (Å²) in [6.07, 6.45) is 7.12. The Labute approximate surface area is 94.0 Å². The average Bonchev–Trinajstić information content (AvgIpc) is 2.32. The third kappa shape index (κ3) is 2.81. The van der Waals surface area contributed by atoms with Crippen LogP contribution in [0.1, 0.15) is 32.1 Å². The van der Waals surface area contributed by atoms with Gasteiger partial charge in [-0.25, -0.2) is 4.98 Å². The summed E-state index contributed by atoms with van der Waals surface area (Å²) in [7, 11) is 0. The Hall–Kier alpha value is -1.39. The van der Waals surface area contributed by atoms with Crippen molar-refractivity contribution in [2.75, 3.05) is 12.3 Å². The summed E-state index contributed by atoms with van der Waals surface area (Å²) in [5, 5.41) is 0. The van der Waals surface area contributed by atoms with E-state index in [1.54, 1.807) is 0 Å². The maximum Gasteiger partial charge on any atom is 0.255 e. The molecule has 1 heterocycles. The van der Waals surface area contributed by atoms with Crippen LogP contribution < -0.4 is 10.5 Å². The molecule has 0 spiro atoms. The molecular weight excluding hydrogens is 209 g/mol. The van der Waals surface area contributed by atoms with Crippen LogP contribution in [-0.2, 0) is 0 Å². The molecule has 2 N–H and O–H groups in total. The molecule has 0 bridgehead atoms. The zero-order valence-corrected chi connectivity index (χ0v) is 9.16. The van der Waals surface area contributed by atoms with Crippen molar-refractivity contribution in [2.24, 2.45) is 5.92 Å². The summed E-state index contributed by atoms with van der Waals surface area (Å²) in [6.45, 7) is 0.521. The maximum atomic E-state index is 13.2. The van der Waals surface area contributed by atoms with Crippen LogP contribution in [0.25, 0.3) is 0 Å². The summed E-state index contributed by atoms with van der Waals surface area (Å²) in [5.74, 6) is -0.0209. The maximum absolute atomic E-state index is 13.2. The Bertz CT molecular complexity index is 353. The Kier molecular flexibility index (Phi) is 3.54. The van der Waals surface area contributed by atoms with Crippen molar-refractivity contribution in [1.29, 1.82) is 0 Å². The number of ether oxygens (including phenoxy) is 1. The number of nitrogens with two attached hydrogens (primary N) is 1. The van der Waals surface area contributed by atoms with Crippen LogP contribution in [0.4, 0.5) is 10.3 Å². The molecule has 2 rings (SSSR count). The lowest BCUT2D eigenvalue weighted by molar-refractivity contribution is 0.195. The van der Waals surface area contributed by atoms with Gasteiger partial charge in [-0.15, -0.1) is 0 Å². The van der Waals surface area contributed by atoms with Gasteiger partial charge in [0, 0.05) is 0 Å². The predicted octanol–water partition coefficient (Wildman–Crippen LogP) is 2.16. The van der Waals surface area contributed by atoms with E-state index in [9.17, 15) is 4.39 Å². The summed E-state index contributed by atoms with van der Waals surface area (Å²) >= 11 is 0. The fourth-order valence-electron chi connectivity index (χ4n) is 2.02. The van der Waals surface area contributed by atoms with E-state index in [-0.39, 0.29) is 11.8 Å². The molecule has 16 heavy (non-hydrogen) atoms. The minimum atomic E-state index is -0.551. The zero-order chi connectivity index (χ0) is 11.4. The Balaban J connectivity index is 1.90. The van der Waals surface area contributed by atoms with Crippen LogP contribution >= 0.6 is 0 Å². The Morgan fingerprint density at radius 2 is 2.12 bits per heavy atom. The van der Waals surface area contributed by atoms with E-state index in [4.69, 9.17) is 10.5 Å². The van der Waals surface area contributed by atoms with Crippen molar-refractivity contribution >= 4 is 5.95 Å². The molecule has 1 aromatic rings. The second kappa shape index (κ2) is 5.09. The third-order valence-electron chi connectivity index (χ3n) is 2.91. The molecule has 1 fully saturated rings. The van der Waals surface area contributed by atoms with E-state index in [0.29, 0.717) is 12.5 Å². The Morgan fingerprint density at radius 1 is 1.38 bits per heavy atom. The number of hydrogen-bond donors (Lipinski definition) is 1. The van der Waals surface area contributed by atoms with E-state index in [1.165, 1.54) is 19.3 Å². The molecule has 4 nitrogen and oxygen atoms in total. The first-order valence-electron chi connectivity index (χ1n) is 5.66. The number of hydrogen-bond acceptors (Lipinski definition) is 4. The standard InChI is InChI=1S/C11H16FN3O/c12-9-6-14-11(13)15-10(9)16-7-8-4-2-1-3-5-8/h6,8H,1-5,7H2,(H2,13,14,15). The van der Waals surface area contributed by atoms with Crippen molar-refractivity contribution in [3.8, 4) is 5.88 Å². The molecule has 1 saturated carbocycles. The first-order chi connectivity index (χ1) is 7.75. The predicted molar refractivity (Wildman–Crippen MR) is 58.5 cm³/mol. The van der Waals surface area contributed by atoms with Crippen LogP contribution in [0, 0.1) is 11.7 Å². The van der Waals surface area contributed by atoms with Gasteiger partial charge in [0.05, 0.1) is 12.8 Å². The van der Waals surface area contributed by atoms with Crippen LogP contribution in [0.3, 0.4) is 0 Å². The molecule has 0 saturated heterocycles. The lowest BCUT2D eigenvalue weighted by Gasteiger charge is -2.21. The van der Waals surface area contributed by atoms with Gasteiger partial charge in [0.2, 0.25) is 11.8 Å². The van der Waals surface area contributed by atoms with Crippen molar-refractivity contribution in [1.82, 2.24) is 9.97 Å². The third-order valence-corrected chi connectivity index (χ3v) is 2.91. The second-order valence-corrected chi connectivity index (χ2v) is 4.20. The zero-order valence-electron chi connectivity index (χ0n) is 9.16. The fourth-order valence-corrected chi connectivity index (χ4v) is 2.02. The highest BCUT2D eigenvalue weighted by Crippen LogP contribution is 2.24. The minimum Gasteiger partial charge on any atom is -0.475 e. The second-order valence-electron chi connectivity index (χ2n) is 4.20. The number of aromatic nitrogens is 2. The van der Waals surface area contributed by atoms with E-state index in [2.05, 4.69) is 9.97 Å². The highest BCUT2D eigenvalue weighted by atomic mass is 19.1. The van der Waals surface area contributed by atoms with Gasteiger partial charge in [-0.05, 0) is 18.8 Å². The SMILES string of the molecule is Nc1ncc(F)c(OCC2CCCCC2)n1. The van der Waals surface area contributed by atoms with Gasteiger partial charge < -0.3 is 10.5 Å². The first-order valence-corrected chi connectivity index (χ1v) is 5.66. The summed E-state index contributed by atoms with van der Waals surface area (Å²) in [5.41, 5.74) is 5.37. The highest BCUT2D eigenvalue weighted by Gasteiger charge is 2.15. The van der Waals surface area contributed by atoms with Gasteiger partial charge in [-0.1, -0.05) is 19.3 Å². The molecule has 0 amide bonds. The number of halogens is 1. The van der Waals surface area contributed by atoms with E-state index >= 15 is 0 Å². The monoisotopic (exact) mass is 225 g/mol. The summed E-state index contributed by atoms with van der Waals surface area (Å²) in [6, 6.07) is 0. The van der Waals surface area contributed by atoms with Crippen molar-refractivity contribution in [3.63, 3.8) is 0 Å². The minimum absolute atomic E-state index is 0.0296. The molecule has 1 aromatic heterocycles. The van der Waals surface area contributed by atoms with Gasteiger partial charge >= 0.3 is 0 Å². The summed E-state index contributed by atoms with van der Waals surface area (Å²) in [4.78, 5) is 7.27. The van der Waals surface area contributed by atoms with Gasteiger partial charge in [0.25, 0.3) is 5.88 Å². The van der Waals surface area contributed by atoms with E-state index < -0.39 is 5.82 Å². The van der Waals surface area contributed by atoms with Gasteiger partial charge in [0.1, 0.15) is 0 Å². The highest BCUT2D eigenvalue weighted by molar-refractivity contribution is 5.22. The molecule has 88 valence electrons. The largest absolute Gasteiger partial charge is 0.475 e. The molecular formula is C11H16FN3O. The smallest absolute Gasteiger partial charge is 0.255 e. The number of rotatable bonds is 3. The fraction of sp³-hybridized carbons (Fsp3) is 0.636. The van der Waals surface area contributed by atoms with Gasteiger partial charge in [0.15, 0.2) is 0 Å². The quantitative estimate of drug-likeness (QED) is 0.856. The van der Waals surface area contributed by atoms with Gasteiger partial charge in [-0.2, -0.15) is 9.37 Å². The normalized spacial score (nSPS) is 17.3. The molecule has 0 atom stereocenters. The van der Waals surface area contributed by atoms with Crippen LogP contribution in [0.5, 0.6) is 5.88 Å². The Morgan fingerprint density at radius 3 is 2.88 bits per heavy atom. The van der Waals surface area contributed by atoms with E-state index in [0.717, 1.165) is 19.0 Å². The molecule has 1 aliphatic rings. The molecule has 0 unspecified atom stereocenters. The van der Waals surface area contributed by atoms with Crippen molar-refractivity contribution in [3.05, 3.63) is 12.0 Å². The molecule has 1 aliphatic carbocycles. The lowest BCUT2D eigenvalue weighted by Crippen LogP contribution is -2.16. The van der Waals surface area contributed by atoms with Crippen LogP contribution in [0.15, 0.2) is 6.20 Å². The van der Waals surface area contributed by atoms with Crippen molar-refractivity contribution < 1.29 is 9.13 Å². The lowest BCUT2D eigenvalue weighted by atomic mass is 9.90. The molecule has 0 aromatic carbocycles. The molecule has 5 heteroatoms. The first kappa shape index (κ1) is 11.1. The average molecular weight is 225 g/mol. The number of nitrogens with zero attached hydrogens (tertiary/aromatic N) is 2.